The van der Waals surface area contributed by atoms with E-state index < -0.39 is 0 Å². The fourth-order valence-electron chi connectivity index (χ4n) is 3.17. The van der Waals surface area contributed by atoms with Crippen LogP contribution in [0.1, 0.15) is 23.0 Å². The third-order valence-corrected chi connectivity index (χ3v) is 4.62. The van der Waals surface area contributed by atoms with E-state index in [1.165, 1.54) is 0 Å². The first-order valence-electron chi connectivity index (χ1n) is 9.36. The number of nitrogens with zero attached hydrogens (tertiary/aromatic N) is 4. The van der Waals surface area contributed by atoms with Gasteiger partial charge in [0.05, 0.1) is 22.8 Å². The zero-order valence-electron chi connectivity index (χ0n) is 15.7. The molecule has 0 fully saturated rings. The minimum Gasteiger partial charge on any atom is -0.352 e. The molecule has 140 valence electrons. The molecule has 1 N–H and O–H groups in total. The van der Waals surface area contributed by atoms with Crippen molar-refractivity contribution in [2.45, 2.75) is 19.9 Å². The first-order valence-corrected chi connectivity index (χ1v) is 9.36. The highest BCUT2D eigenvalue weighted by atomic mass is 16.1. The topological polar surface area (TPSA) is 72.7 Å². The van der Waals surface area contributed by atoms with Crippen molar-refractivity contribution >= 4 is 16.9 Å². The molecule has 3 heterocycles. The van der Waals surface area contributed by atoms with E-state index in [0.29, 0.717) is 25.1 Å². The lowest BCUT2D eigenvalue weighted by molar-refractivity contribution is 0.0955. The zero-order valence-corrected chi connectivity index (χ0v) is 15.7. The van der Waals surface area contributed by atoms with Crippen LogP contribution in [-0.4, -0.2) is 32.2 Å². The van der Waals surface area contributed by atoms with Gasteiger partial charge in [-0.3, -0.25) is 9.78 Å². The predicted octanol–water partition coefficient (Wildman–Crippen LogP) is 3.49. The van der Waals surface area contributed by atoms with Gasteiger partial charge in [0.25, 0.3) is 5.91 Å². The molecule has 0 aliphatic carbocycles. The molecule has 0 aliphatic rings. The maximum atomic E-state index is 12.9. The molecule has 0 unspecified atom stereocenters. The van der Waals surface area contributed by atoms with Gasteiger partial charge in [0.15, 0.2) is 5.65 Å². The Balaban J connectivity index is 1.65. The Hall–Kier alpha value is -3.54. The molecule has 0 radical (unpaired) electrons. The molecule has 4 rings (SSSR count). The number of amides is 1. The third-order valence-electron chi connectivity index (χ3n) is 4.62. The Morgan fingerprint density at radius 3 is 2.68 bits per heavy atom. The number of nitrogens with one attached hydrogen (secondary N) is 1. The second kappa shape index (κ2) is 8.00. The highest BCUT2D eigenvalue weighted by Gasteiger charge is 2.17. The van der Waals surface area contributed by atoms with Crippen molar-refractivity contribution in [1.29, 1.82) is 0 Å². The first kappa shape index (κ1) is 17.9. The van der Waals surface area contributed by atoms with E-state index in [1.807, 2.05) is 66.2 Å². The number of hydrogen-bond acceptors (Lipinski definition) is 4. The Labute approximate surface area is 163 Å². The van der Waals surface area contributed by atoms with E-state index in [0.717, 1.165) is 28.0 Å². The van der Waals surface area contributed by atoms with Crippen LogP contribution in [0.2, 0.25) is 0 Å². The fourth-order valence-corrected chi connectivity index (χ4v) is 3.17. The van der Waals surface area contributed by atoms with Crippen molar-refractivity contribution in [2.24, 2.45) is 0 Å². The minimum atomic E-state index is -0.129. The molecule has 0 saturated carbocycles. The molecule has 4 aromatic rings. The standard InChI is InChI=1S/C22H21N5O/c1-2-27-21-19(15-25-27)18(14-20(26-21)16-8-4-3-5-9-16)22(28)24-13-11-17-10-6-7-12-23-17/h3-10,12,14-15H,2,11,13H2,1H3,(H,24,28). The van der Waals surface area contributed by atoms with E-state index in [2.05, 4.69) is 15.4 Å². The van der Waals surface area contributed by atoms with Crippen molar-refractivity contribution in [2.75, 3.05) is 6.54 Å². The molecule has 6 heteroatoms. The highest BCUT2D eigenvalue weighted by Crippen LogP contribution is 2.24. The van der Waals surface area contributed by atoms with E-state index in [1.54, 1.807) is 12.4 Å². The summed E-state index contributed by atoms with van der Waals surface area (Å²) in [6.07, 6.45) is 4.16. The SMILES string of the molecule is CCn1ncc2c(C(=O)NCCc3ccccn3)cc(-c3ccccc3)nc21. The second-order valence-corrected chi connectivity index (χ2v) is 6.45. The zero-order chi connectivity index (χ0) is 19.3. The summed E-state index contributed by atoms with van der Waals surface area (Å²) in [5.41, 5.74) is 3.99. The summed E-state index contributed by atoms with van der Waals surface area (Å²) in [5.74, 6) is -0.129. The molecule has 0 atom stereocenters. The monoisotopic (exact) mass is 371 g/mol. The lowest BCUT2D eigenvalue weighted by Crippen LogP contribution is -2.26. The van der Waals surface area contributed by atoms with Crippen molar-refractivity contribution in [3.63, 3.8) is 0 Å². The Morgan fingerprint density at radius 1 is 1.11 bits per heavy atom. The van der Waals surface area contributed by atoms with Gasteiger partial charge in [0, 0.05) is 37.0 Å². The average molecular weight is 371 g/mol. The van der Waals surface area contributed by atoms with Gasteiger partial charge in [0.1, 0.15) is 0 Å². The number of rotatable bonds is 6. The molecule has 0 saturated heterocycles. The maximum Gasteiger partial charge on any atom is 0.252 e. The smallest absolute Gasteiger partial charge is 0.252 e. The summed E-state index contributed by atoms with van der Waals surface area (Å²) < 4.78 is 1.81. The van der Waals surface area contributed by atoms with Gasteiger partial charge in [-0.1, -0.05) is 36.4 Å². The Kier molecular flexibility index (Phi) is 5.10. The van der Waals surface area contributed by atoms with Crippen molar-refractivity contribution in [3.05, 3.63) is 78.2 Å². The van der Waals surface area contributed by atoms with Gasteiger partial charge < -0.3 is 5.32 Å². The fraction of sp³-hybridized carbons (Fsp3) is 0.182. The van der Waals surface area contributed by atoms with Gasteiger partial charge in [0.2, 0.25) is 0 Å². The number of pyridine rings is 2. The lowest BCUT2D eigenvalue weighted by Gasteiger charge is -2.09. The van der Waals surface area contributed by atoms with Crippen LogP contribution < -0.4 is 5.32 Å². The van der Waals surface area contributed by atoms with Gasteiger partial charge in [-0.2, -0.15) is 5.10 Å². The number of hydrogen-bond donors (Lipinski definition) is 1. The van der Waals surface area contributed by atoms with Crippen LogP contribution in [0.25, 0.3) is 22.3 Å². The summed E-state index contributed by atoms with van der Waals surface area (Å²) in [5, 5.41) is 8.15. The number of carbonyl (C=O) groups is 1. The lowest BCUT2D eigenvalue weighted by atomic mass is 10.1. The number of aromatic nitrogens is 4. The Bertz CT molecular complexity index is 1090. The van der Waals surface area contributed by atoms with Gasteiger partial charge in [-0.05, 0) is 25.1 Å². The van der Waals surface area contributed by atoms with Crippen molar-refractivity contribution in [1.82, 2.24) is 25.1 Å². The van der Waals surface area contributed by atoms with Gasteiger partial charge >= 0.3 is 0 Å². The van der Waals surface area contributed by atoms with Crippen LogP contribution in [0.3, 0.4) is 0 Å². The van der Waals surface area contributed by atoms with Gasteiger partial charge in [-0.25, -0.2) is 9.67 Å². The quantitative estimate of drug-likeness (QED) is 0.563. The maximum absolute atomic E-state index is 12.9. The van der Waals surface area contributed by atoms with E-state index in [9.17, 15) is 4.79 Å². The third kappa shape index (κ3) is 3.62. The normalized spacial score (nSPS) is 10.9. The van der Waals surface area contributed by atoms with Crippen LogP contribution in [0.5, 0.6) is 0 Å². The van der Waals surface area contributed by atoms with Crippen molar-refractivity contribution < 1.29 is 4.79 Å². The number of benzene rings is 1. The average Bonchev–Trinajstić information content (AvgIpc) is 3.17. The second-order valence-electron chi connectivity index (χ2n) is 6.45. The van der Waals surface area contributed by atoms with E-state index in [4.69, 9.17) is 4.98 Å². The molecule has 28 heavy (non-hydrogen) atoms. The highest BCUT2D eigenvalue weighted by molar-refractivity contribution is 6.06. The number of aryl methyl sites for hydroxylation is 1. The van der Waals surface area contributed by atoms with Crippen LogP contribution in [0, 0.1) is 0 Å². The van der Waals surface area contributed by atoms with E-state index in [-0.39, 0.29) is 5.91 Å². The predicted molar refractivity (Wildman–Crippen MR) is 109 cm³/mol. The summed E-state index contributed by atoms with van der Waals surface area (Å²) in [4.78, 5) is 22.0. The molecule has 0 aliphatic heterocycles. The Morgan fingerprint density at radius 2 is 1.93 bits per heavy atom. The molecular weight excluding hydrogens is 350 g/mol. The molecular formula is C22H21N5O. The summed E-state index contributed by atoms with van der Waals surface area (Å²) in [6.45, 7) is 3.22. The molecule has 1 aromatic carbocycles. The summed E-state index contributed by atoms with van der Waals surface area (Å²) in [7, 11) is 0. The molecule has 6 nitrogen and oxygen atoms in total. The number of fused-ring (bicyclic) bond motifs is 1. The largest absolute Gasteiger partial charge is 0.352 e. The minimum absolute atomic E-state index is 0.129. The van der Waals surface area contributed by atoms with Gasteiger partial charge in [-0.15, -0.1) is 0 Å². The van der Waals surface area contributed by atoms with Crippen LogP contribution in [0.4, 0.5) is 0 Å². The molecule has 1 amide bonds. The van der Waals surface area contributed by atoms with Crippen LogP contribution in [-0.2, 0) is 13.0 Å². The van der Waals surface area contributed by atoms with E-state index >= 15 is 0 Å². The first-order chi connectivity index (χ1) is 13.8. The van der Waals surface area contributed by atoms with Crippen LogP contribution >= 0.6 is 0 Å². The number of carbonyl (C=O) groups excluding carboxylic acids is 1. The van der Waals surface area contributed by atoms with Crippen LogP contribution in [0.15, 0.2) is 67.0 Å². The molecule has 0 bridgehead atoms. The molecule has 0 spiro atoms. The molecule has 3 aromatic heterocycles. The summed E-state index contributed by atoms with van der Waals surface area (Å²) >= 11 is 0. The summed E-state index contributed by atoms with van der Waals surface area (Å²) in [6, 6.07) is 17.5. The van der Waals surface area contributed by atoms with Crippen molar-refractivity contribution in [3.8, 4) is 11.3 Å².